The van der Waals surface area contributed by atoms with E-state index in [1.54, 1.807) is 19.9 Å². The van der Waals surface area contributed by atoms with Gasteiger partial charge < -0.3 is 5.32 Å². The minimum Gasteiger partial charge on any atom is -0.320 e. The lowest BCUT2D eigenvalue weighted by molar-refractivity contribution is 0.102. The maximum absolute atomic E-state index is 13.6. The van der Waals surface area contributed by atoms with Gasteiger partial charge in [-0.25, -0.2) is 12.8 Å². The van der Waals surface area contributed by atoms with E-state index in [9.17, 15) is 17.6 Å². The molecule has 3 aromatic rings. The molecule has 0 unspecified atom stereocenters. The summed E-state index contributed by atoms with van der Waals surface area (Å²) >= 11 is 1.05. The van der Waals surface area contributed by atoms with Crippen molar-refractivity contribution in [2.75, 3.05) is 11.9 Å². The summed E-state index contributed by atoms with van der Waals surface area (Å²) in [5, 5.41) is 11.2. The zero-order valence-electron chi connectivity index (χ0n) is 17.9. The molecule has 1 amide bonds. The summed E-state index contributed by atoms with van der Waals surface area (Å²) in [6.07, 6.45) is 1.29. The van der Waals surface area contributed by atoms with Crippen LogP contribution in [0.5, 0.6) is 0 Å². The summed E-state index contributed by atoms with van der Waals surface area (Å²) in [6.45, 7) is 5.92. The third-order valence-corrected chi connectivity index (χ3v) is 8.62. The van der Waals surface area contributed by atoms with Crippen molar-refractivity contribution in [3.63, 3.8) is 0 Å². The van der Waals surface area contributed by atoms with Gasteiger partial charge in [-0.15, -0.1) is 10.2 Å². The van der Waals surface area contributed by atoms with Crippen molar-refractivity contribution in [3.05, 3.63) is 68.9 Å². The number of sulfonamides is 1. The van der Waals surface area contributed by atoms with Gasteiger partial charge in [-0.05, 0) is 62.9 Å². The lowest BCUT2D eigenvalue weighted by Gasteiger charge is -2.24. The number of anilines is 1. The van der Waals surface area contributed by atoms with Crippen LogP contribution in [0.2, 0.25) is 0 Å². The Kier molecular flexibility index (Phi) is 6.11. The quantitative estimate of drug-likeness (QED) is 0.592. The first-order valence-electron chi connectivity index (χ1n) is 10.2. The number of hydrogen-bond acceptors (Lipinski definition) is 6. The highest BCUT2D eigenvalue weighted by molar-refractivity contribution is 7.89. The number of carbonyl (C=O) groups is 1. The number of hydrogen-bond donors (Lipinski definition) is 1. The third kappa shape index (κ3) is 4.30. The Morgan fingerprint density at radius 2 is 1.88 bits per heavy atom. The number of nitrogens with zero attached hydrogens (tertiary/aromatic N) is 3. The molecule has 0 spiro atoms. The molecule has 1 atom stereocenters. The second-order valence-corrected chi connectivity index (χ2v) is 10.7. The van der Waals surface area contributed by atoms with Crippen molar-refractivity contribution in [3.8, 4) is 0 Å². The average molecular weight is 475 g/mol. The SMILES string of the molecule is Cc1cc(C)c(S(=O)(=O)N2CCC[C@H]2c2nnc(C(=O)Nc3cccc(F)c3)s2)c(C)c1. The molecule has 2 heterocycles. The van der Waals surface area contributed by atoms with Crippen LogP contribution in [0.3, 0.4) is 0 Å². The molecule has 0 bridgehead atoms. The summed E-state index contributed by atoms with van der Waals surface area (Å²) in [5.41, 5.74) is 2.73. The number of carbonyl (C=O) groups excluding carboxylic acids is 1. The van der Waals surface area contributed by atoms with Crippen LogP contribution in [0, 0.1) is 26.6 Å². The van der Waals surface area contributed by atoms with Gasteiger partial charge >= 0.3 is 0 Å². The second kappa shape index (κ2) is 8.68. The predicted octanol–water partition coefficient (Wildman–Crippen LogP) is 4.38. The monoisotopic (exact) mass is 474 g/mol. The van der Waals surface area contributed by atoms with E-state index < -0.39 is 27.8 Å². The fourth-order valence-corrected chi connectivity index (χ4v) is 7.21. The molecular formula is C22H23FN4O3S2. The molecular weight excluding hydrogens is 451 g/mol. The van der Waals surface area contributed by atoms with Gasteiger partial charge in [0.2, 0.25) is 15.0 Å². The van der Waals surface area contributed by atoms with Crippen molar-refractivity contribution in [2.45, 2.75) is 44.6 Å². The fourth-order valence-electron chi connectivity index (χ4n) is 4.18. The first-order valence-corrected chi connectivity index (χ1v) is 12.4. The van der Waals surface area contributed by atoms with E-state index in [2.05, 4.69) is 15.5 Å². The smallest absolute Gasteiger partial charge is 0.286 e. The Balaban J connectivity index is 1.59. The van der Waals surface area contributed by atoms with E-state index in [0.29, 0.717) is 46.1 Å². The zero-order valence-corrected chi connectivity index (χ0v) is 19.6. The number of halogens is 1. The molecule has 0 aliphatic carbocycles. The van der Waals surface area contributed by atoms with Crippen LogP contribution in [-0.2, 0) is 10.0 Å². The van der Waals surface area contributed by atoms with Gasteiger partial charge in [0, 0.05) is 12.2 Å². The van der Waals surface area contributed by atoms with Gasteiger partial charge in [0.25, 0.3) is 5.91 Å². The van der Waals surface area contributed by atoms with Gasteiger partial charge in [-0.2, -0.15) is 4.31 Å². The Morgan fingerprint density at radius 1 is 1.16 bits per heavy atom. The zero-order chi connectivity index (χ0) is 23.0. The minimum atomic E-state index is -3.75. The number of aromatic nitrogens is 2. The van der Waals surface area contributed by atoms with E-state index in [0.717, 1.165) is 16.9 Å². The fraction of sp³-hybridized carbons (Fsp3) is 0.318. The van der Waals surface area contributed by atoms with Crippen molar-refractivity contribution in [1.29, 1.82) is 0 Å². The Morgan fingerprint density at radius 3 is 2.56 bits per heavy atom. The van der Waals surface area contributed by atoms with E-state index in [4.69, 9.17) is 0 Å². The normalized spacial score (nSPS) is 16.9. The van der Waals surface area contributed by atoms with Crippen molar-refractivity contribution < 1.29 is 17.6 Å². The molecule has 2 aromatic carbocycles. The number of benzene rings is 2. The molecule has 32 heavy (non-hydrogen) atoms. The summed E-state index contributed by atoms with van der Waals surface area (Å²) in [7, 11) is -3.75. The van der Waals surface area contributed by atoms with Crippen molar-refractivity contribution in [2.24, 2.45) is 0 Å². The molecule has 4 rings (SSSR count). The molecule has 0 radical (unpaired) electrons. The van der Waals surface area contributed by atoms with Crippen LogP contribution in [0.15, 0.2) is 41.3 Å². The molecule has 7 nitrogen and oxygen atoms in total. The number of aryl methyl sites for hydroxylation is 3. The lowest BCUT2D eigenvalue weighted by atomic mass is 10.1. The maximum Gasteiger partial charge on any atom is 0.286 e. The van der Waals surface area contributed by atoms with Crippen molar-refractivity contribution in [1.82, 2.24) is 14.5 Å². The van der Waals surface area contributed by atoms with Crippen LogP contribution in [0.25, 0.3) is 0 Å². The Labute approximate surface area is 190 Å². The molecule has 1 aliphatic heterocycles. The van der Waals surface area contributed by atoms with Gasteiger partial charge in [0.1, 0.15) is 10.8 Å². The minimum absolute atomic E-state index is 0.0937. The molecule has 1 fully saturated rings. The van der Waals surface area contributed by atoms with Gasteiger partial charge in [-0.1, -0.05) is 35.1 Å². The van der Waals surface area contributed by atoms with E-state index in [-0.39, 0.29) is 5.01 Å². The van der Waals surface area contributed by atoms with E-state index in [1.165, 1.54) is 22.5 Å². The molecule has 1 N–H and O–H groups in total. The lowest BCUT2D eigenvalue weighted by Crippen LogP contribution is -2.31. The van der Waals surface area contributed by atoms with E-state index in [1.807, 2.05) is 19.1 Å². The van der Waals surface area contributed by atoms with Crippen LogP contribution >= 0.6 is 11.3 Å². The molecule has 168 valence electrons. The summed E-state index contributed by atoms with van der Waals surface area (Å²) in [5.74, 6) is -0.980. The standard InChI is InChI=1S/C22H23FN4O3S2/c1-13-10-14(2)19(15(3)11-13)32(29,30)27-9-5-8-18(27)21-25-26-22(31-21)20(28)24-17-7-4-6-16(23)12-17/h4,6-7,10-12,18H,5,8-9H2,1-3H3,(H,24,28)/t18-/m0/s1. The number of nitrogens with one attached hydrogen (secondary N) is 1. The highest BCUT2D eigenvalue weighted by atomic mass is 32.2. The van der Waals surface area contributed by atoms with Crippen LogP contribution in [0.4, 0.5) is 10.1 Å². The summed E-state index contributed by atoms with van der Waals surface area (Å²) in [6, 6.07) is 8.80. The second-order valence-electron chi connectivity index (χ2n) is 7.91. The number of amides is 1. The predicted molar refractivity (Wildman–Crippen MR) is 121 cm³/mol. The molecule has 1 aromatic heterocycles. The topological polar surface area (TPSA) is 92.3 Å². The molecule has 1 saturated heterocycles. The van der Waals surface area contributed by atoms with E-state index >= 15 is 0 Å². The molecule has 0 saturated carbocycles. The highest BCUT2D eigenvalue weighted by Gasteiger charge is 2.39. The van der Waals surface area contributed by atoms with Crippen LogP contribution in [0.1, 0.15) is 50.4 Å². The van der Waals surface area contributed by atoms with Crippen LogP contribution in [-0.4, -0.2) is 35.4 Å². The first-order chi connectivity index (χ1) is 15.2. The van der Waals surface area contributed by atoms with Gasteiger partial charge in [-0.3, -0.25) is 4.79 Å². The molecule has 1 aliphatic rings. The Bertz CT molecular complexity index is 1270. The largest absolute Gasteiger partial charge is 0.320 e. The first kappa shape index (κ1) is 22.5. The summed E-state index contributed by atoms with van der Waals surface area (Å²) < 4.78 is 41.9. The summed E-state index contributed by atoms with van der Waals surface area (Å²) in [4.78, 5) is 12.8. The number of rotatable bonds is 5. The average Bonchev–Trinajstić information content (AvgIpc) is 3.37. The maximum atomic E-state index is 13.6. The van der Waals surface area contributed by atoms with Crippen molar-refractivity contribution >= 4 is 33.0 Å². The Hall–Kier alpha value is -2.69. The highest BCUT2D eigenvalue weighted by Crippen LogP contribution is 2.39. The van der Waals surface area contributed by atoms with Gasteiger partial charge in [0.15, 0.2) is 0 Å². The molecule has 10 heteroatoms. The van der Waals surface area contributed by atoms with Crippen LogP contribution < -0.4 is 5.32 Å². The van der Waals surface area contributed by atoms with Gasteiger partial charge in [0.05, 0.1) is 10.9 Å². The third-order valence-electron chi connectivity index (χ3n) is 5.38.